The van der Waals surface area contributed by atoms with E-state index in [1.54, 1.807) is 28.2 Å². The molecule has 1 aliphatic rings. The van der Waals surface area contributed by atoms with Crippen LogP contribution in [0.15, 0.2) is 41.3 Å². The van der Waals surface area contributed by atoms with Crippen molar-refractivity contribution in [2.75, 3.05) is 26.9 Å². The predicted molar refractivity (Wildman–Crippen MR) is 111 cm³/mol. The second kappa shape index (κ2) is 7.44. The van der Waals surface area contributed by atoms with Gasteiger partial charge in [-0.3, -0.25) is 4.68 Å². The normalized spacial score (nSPS) is 18.3. The van der Waals surface area contributed by atoms with E-state index in [-0.39, 0.29) is 4.90 Å². The third-order valence-electron chi connectivity index (χ3n) is 5.63. The molecular weight excluding hydrogens is 390 g/mol. The number of methoxy groups -OCH3 is 1. The largest absolute Gasteiger partial charge is 0.496 e. The van der Waals surface area contributed by atoms with Crippen LogP contribution >= 0.6 is 0 Å². The first-order valence-corrected chi connectivity index (χ1v) is 11.0. The third kappa shape index (κ3) is 3.21. The molecule has 0 spiro atoms. The highest BCUT2D eigenvalue weighted by Crippen LogP contribution is 2.37. The molecule has 1 aromatic heterocycles. The molecule has 29 heavy (non-hydrogen) atoms. The summed E-state index contributed by atoms with van der Waals surface area (Å²) in [6.45, 7) is 4.83. The Hall–Kier alpha value is -2.42. The zero-order chi connectivity index (χ0) is 20.8. The molecule has 0 aliphatic carbocycles. The maximum absolute atomic E-state index is 13.8. The molecule has 3 aromatic rings. The van der Waals surface area contributed by atoms with Gasteiger partial charge in [-0.15, -0.1) is 0 Å². The molecule has 1 fully saturated rings. The summed E-state index contributed by atoms with van der Waals surface area (Å²) >= 11 is 0. The van der Waals surface area contributed by atoms with Crippen LogP contribution in [0.5, 0.6) is 5.75 Å². The molecule has 2 aromatic carbocycles. The number of ether oxygens (including phenoxy) is 2. The molecule has 0 N–H and O–H groups in total. The van der Waals surface area contributed by atoms with Crippen LogP contribution in [0.4, 0.5) is 0 Å². The Bertz CT molecular complexity index is 1170. The van der Waals surface area contributed by atoms with E-state index >= 15 is 0 Å². The van der Waals surface area contributed by atoms with Gasteiger partial charge in [0.2, 0.25) is 10.0 Å². The highest BCUT2D eigenvalue weighted by atomic mass is 32.2. The van der Waals surface area contributed by atoms with Crippen LogP contribution in [0.25, 0.3) is 10.8 Å². The fraction of sp³-hybridized carbons (Fsp3) is 0.381. The van der Waals surface area contributed by atoms with E-state index in [1.807, 2.05) is 45.2 Å². The molecule has 0 amide bonds. The van der Waals surface area contributed by atoms with Crippen LogP contribution in [-0.4, -0.2) is 49.4 Å². The van der Waals surface area contributed by atoms with Crippen molar-refractivity contribution in [2.45, 2.75) is 24.8 Å². The molecule has 2 heterocycles. The molecule has 4 rings (SSSR count). The Morgan fingerprint density at radius 3 is 2.52 bits per heavy atom. The highest BCUT2D eigenvalue weighted by Gasteiger charge is 2.38. The van der Waals surface area contributed by atoms with E-state index in [9.17, 15) is 8.42 Å². The average Bonchev–Trinajstić information content (AvgIpc) is 2.98. The molecule has 8 heteroatoms. The summed E-state index contributed by atoms with van der Waals surface area (Å²) in [5.41, 5.74) is 2.67. The van der Waals surface area contributed by atoms with Crippen LogP contribution in [0.2, 0.25) is 0 Å². The SMILES string of the molecule is COc1ccc(S(=O)(=O)N2CCOC[C@@H]2c2c(C)nn(C)c2C)c2ccccc12. The quantitative estimate of drug-likeness (QED) is 0.655. The van der Waals surface area contributed by atoms with E-state index in [0.29, 0.717) is 30.9 Å². The van der Waals surface area contributed by atoms with E-state index in [4.69, 9.17) is 9.47 Å². The Balaban J connectivity index is 1.87. The molecule has 7 nitrogen and oxygen atoms in total. The van der Waals surface area contributed by atoms with Crippen molar-refractivity contribution in [1.82, 2.24) is 14.1 Å². The number of aryl methyl sites for hydroxylation is 2. The number of hydrogen-bond donors (Lipinski definition) is 0. The van der Waals surface area contributed by atoms with E-state index < -0.39 is 16.1 Å². The topological polar surface area (TPSA) is 73.7 Å². The molecule has 1 atom stereocenters. The first-order chi connectivity index (χ1) is 13.9. The van der Waals surface area contributed by atoms with Gasteiger partial charge in [-0.1, -0.05) is 24.3 Å². The van der Waals surface area contributed by atoms with Gasteiger partial charge in [0.25, 0.3) is 0 Å². The number of aromatic nitrogens is 2. The summed E-state index contributed by atoms with van der Waals surface area (Å²) in [6, 6.07) is 10.3. The minimum Gasteiger partial charge on any atom is -0.496 e. The number of hydrogen-bond acceptors (Lipinski definition) is 5. The minimum atomic E-state index is -3.77. The third-order valence-corrected chi connectivity index (χ3v) is 7.59. The Kier molecular flexibility index (Phi) is 5.10. The average molecular weight is 416 g/mol. The van der Waals surface area contributed by atoms with Crippen LogP contribution in [0.1, 0.15) is 23.0 Å². The maximum atomic E-state index is 13.8. The van der Waals surface area contributed by atoms with Crippen LogP contribution in [0.3, 0.4) is 0 Å². The molecule has 0 radical (unpaired) electrons. The number of nitrogens with zero attached hydrogens (tertiary/aromatic N) is 3. The summed E-state index contributed by atoms with van der Waals surface area (Å²) in [5.74, 6) is 0.650. The predicted octanol–water partition coefficient (Wildman–Crippen LogP) is 2.96. The van der Waals surface area contributed by atoms with E-state index in [0.717, 1.165) is 22.3 Å². The number of rotatable bonds is 4. The maximum Gasteiger partial charge on any atom is 0.244 e. The van der Waals surface area contributed by atoms with Crippen LogP contribution < -0.4 is 4.74 Å². The molecule has 1 saturated heterocycles. The lowest BCUT2D eigenvalue weighted by atomic mass is 10.0. The standard InChI is InChI=1S/C21H25N3O4S/c1-14-21(15(2)23(3)22-14)18-13-28-12-11-24(18)29(25,26)20-10-9-19(27-4)16-7-5-6-8-17(16)20/h5-10,18H,11-13H2,1-4H3/t18-/m1/s1. The zero-order valence-corrected chi connectivity index (χ0v) is 17.9. The lowest BCUT2D eigenvalue weighted by molar-refractivity contribution is 0.0316. The summed E-state index contributed by atoms with van der Waals surface area (Å²) in [4.78, 5) is 0.278. The van der Waals surface area contributed by atoms with Crippen molar-refractivity contribution in [3.63, 3.8) is 0 Å². The van der Waals surface area contributed by atoms with Gasteiger partial charge < -0.3 is 9.47 Å². The van der Waals surface area contributed by atoms with Crippen molar-refractivity contribution in [3.05, 3.63) is 53.3 Å². The van der Waals surface area contributed by atoms with E-state index in [2.05, 4.69) is 5.10 Å². The smallest absolute Gasteiger partial charge is 0.244 e. The first-order valence-electron chi connectivity index (χ1n) is 9.51. The number of sulfonamides is 1. The first kappa shape index (κ1) is 19.9. The van der Waals surface area contributed by atoms with Gasteiger partial charge >= 0.3 is 0 Å². The van der Waals surface area contributed by atoms with Crippen molar-refractivity contribution < 1.29 is 17.9 Å². The number of morpholine rings is 1. The summed E-state index contributed by atoms with van der Waals surface area (Å²) in [7, 11) is -0.323. The minimum absolute atomic E-state index is 0.278. The van der Waals surface area contributed by atoms with Gasteiger partial charge in [-0.05, 0) is 26.0 Å². The Labute approximate surface area is 170 Å². The zero-order valence-electron chi connectivity index (χ0n) is 17.0. The van der Waals surface area contributed by atoms with Crippen LogP contribution in [0, 0.1) is 13.8 Å². The number of benzene rings is 2. The second-order valence-corrected chi connectivity index (χ2v) is 9.09. The van der Waals surface area contributed by atoms with Gasteiger partial charge in [0.15, 0.2) is 0 Å². The summed E-state index contributed by atoms with van der Waals surface area (Å²) in [6.07, 6.45) is 0. The fourth-order valence-corrected chi connectivity index (χ4v) is 5.91. The fourth-order valence-electron chi connectivity index (χ4n) is 4.15. The molecule has 1 aliphatic heterocycles. The Morgan fingerprint density at radius 2 is 1.86 bits per heavy atom. The van der Waals surface area contributed by atoms with Gasteiger partial charge in [0, 0.05) is 35.6 Å². The van der Waals surface area contributed by atoms with Crippen molar-refractivity contribution >= 4 is 20.8 Å². The summed E-state index contributed by atoms with van der Waals surface area (Å²) in [5, 5.41) is 5.89. The molecular formula is C21H25N3O4S. The molecule has 154 valence electrons. The van der Waals surface area contributed by atoms with Crippen LogP contribution in [-0.2, 0) is 21.8 Å². The second-order valence-electron chi connectivity index (χ2n) is 7.23. The Morgan fingerprint density at radius 1 is 1.14 bits per heavy atom. The lowest BCUT2D eigenvalue weighted by Gasteiger charge is -2.35. The summed E-state index contributed by atoms with van der Waals surface area (Å²) < 4.78 is 42.1. The highest BCUT2D eigenvalue weighted by molar-refractivity contribution is 7.89. The van der Waals surface area contributed by atoms with Gasteiger partial charge in [-0.25, -0.2) is 8.42 Å². The lowest BCUT2D eigenvalue weighted by Crippen LogP contribution is -2.43. The van der Waals surface area contributed by atoms with Crippen molar-refractivity contribution in [1.29, 1.82) is 0 Å². The van der Waals surface area contributed by atoms with Gasteiger partial charge in [0.05, 0.1) is 37.0 Å². The van der Waals surface area contributed by atoms with Gasteiger partial charge in [-0.2, -0.15) is 9.40 Å². The van der Waals surface area contributed by atoms with Crippen molar-refractivity contribution in [3.8, 4) is 5.75 Å². The molecule has 0 unspecified atom stereocenters. The molecule has 0 bridgehead atoms. The van der Waals surface area contributed by atoms with E-state index in [1.165, 1.54) is 0 Å². The van der Waals surface area contributed by atoms with Gasteiger partial charge in [0.1, 0.15) is 5.75 Å². The number of fused-ring (bicyclic) bond motifs is 1. The molecule has 0 saturated carbocycles. The monoisotopic (exact) mass is 415 g/mol. The van der Waals surface area contributed by atoms with Crippen molar-refractivity contribution in [2.24, 2.45) is 7.05 Å².